The molecular weight excluding hydrogens is 262 g/mol. The molecule has 0 unspecified atom stereocenters. The number of nitrogens with zero attached hydrogens (tertiary/aromatic N) is 1. The lowest BCUT2D eigenvalue weighted by Crippen LogP contribution is -2.31. The summed E-state index contributed by atoms with van der Waals surface area (Å²) in [6.07, 6.45) is 3.38. The number of carbonyl (C=O) groups excluding carboxylic acids is 1. The van der Waals surface area contributed by atoms with Gasteiger partial charge in [0.15, 0.2) is 0 Å². The molecule has 2 atom stereocenters. The van der Waals surface area contributed by atoms with Crippen LogP contribution in [0, 0.1) is 17.8 Å². The summed E-state index contributed by atoms with van der Waals surface area (Å²) in [5, 5.41) is 4.42. The molecule has 0 aromatic heterocycles. The summed E-state index contributed by atoms with van der Waals surface area (Å²) in [7, 11) is 0. The molecule has 1 aromatic carbocycles. The fraction of sp³-hybridized carbons (Fsp3) is 0.529. The zero-order valence-electron chi connectivity index (χ0n) is 13.1. The Kier molecular flexibility index (Phi) is 4.99. The number of hydrazone groups is 1. The fourth-order valence-electron chi connectivity index (χ4n) is 2.91. The summed E-state index contributed by atoms with van der Waals surface area (Å²) in [5.41, 5.74) is 10.7. The molecule has 1 aliphatic carbocycles. The minimum Gasteiger partial charge on any atom is -0.399 e. The Morgan fingerprint density at radius 3 is 2.57 bits per heavy atom. The van der Waals surface area contributed by atoms with Crippen LogP contribution < -0.4 is 11.2 Å². The summed E-state index contributed by atoms with van der Waals surface area (Å²) in [5.74, 6) is 1.51. The Balaban J connectivity index is 2.06. The predicted octanol–water partition coefficient (Wildman–Crippen LogP) is 3.45. The molecule has 1 fully saturated rings. The van der Waals surface area contributed by atoms with Gasteiger partial charge >= 0.3 is 0 Å². The molecule has 0 bridgehead atoms. The summed E-state index contributed by atoms with van der Waals surface area (Å²) < 4.78 is 0. The maximum Gasteiger partial charge on any atom is 0.271 e. The van der Waals surface area contributed by atoms with Crippen molar-refractivity contribution >= 4 is 17.3 Å². The molecule has 1 saturated carbocycles. The third kappa shape index (κ3) is 4.06. The highest BCUT2D eigenvalue weighted by atomic mass is 16.2. The van der Waals surface area contributed by atoms with Gasteiger partial charge in [0.2, 0.25) is 0 Å². The molecule has 0 aliphatic heterocycles. The van der Waals surface area contributed by atoms with E-state index in [0.717, 1.165) is 18.6 Å². The molecule has 0 saturated heterocycles. The standard InChI is InChI=1S/C17H25N3O/c1-11(2)15-9-4-12(3)10-16(15)19-20-17(21)13-5-7-14(18)8-6-13/h5-8,11-12,15H,4,9-10,18H2,1-3H3,(H,20,21)/b19-16-/t12-,15-/m0/s1. The molecule has 114 valence electrons. The van der Waals surface area contributed by atoms with Gasteiger partial charge < -0.3 is 5.73 Å². The normalized spacial score (nSPS) is 24.3. The van der Waals surface area contributed by atoms with E-state index in [9.17, 15) is 4.79 Å². The minimum atomic E-state index is -0.178. The van der Waals surface area contributed by atoms with Crippen LogP contribution in [0.3, 0.4) is 0 Å². The lowest BCUT2D eigenvalue weighted by atomic mass is 9.76. The molecule has 1 aliphatic rings. The van der Waals surface area contributed by atoms with Gasteiger partial charge in [0.05, 0.1) is 0 Å². The average molecular weight is 287 g/mol. The third-order valence-electron chi connectivity index (χ3n) is 4.23. The van der Waals surface area contributed by atoms with Crippen LogP contribution in [0.15, 0.2) is 29.4 Å². The molecule has 0 heterocycles. The fourth-order valence-corrected chi connectivity index (χ4v) is 2.91. The zero-order chi connectivity index (χ0) is 15.4. The highest BCUT2D eigenvalue weighted by Gasteiger charge is 2.27. The van der Waals surface area contributed by atoms with Crippen LogP contribution in [0.5, 0.6) is 0 Å². The molecule has 0 spiro atoms. The average Bonchev–Trinajstić information content (AvgIpc) is 2.45. The van der Waals surface area contributed by atoms with Gasteiger partial charge in [-0.2, -0.15) is 5.10 Å². The number of rotatable bonds is 3. The van der Waals surface area contributed by atoms with E-state index in [-0.39, 0.29) is 5.91 Å². The second-order valence-corrected chi connectivity index (χ2v) is 6.40. The SMILES string of the molecule is CC(C)[C@@H]1CC[C@H](C)C/C1=N/NC(=O)c1ccc(N)cc1. The van der Waals surface area contributed by atoms with E-state index in [0.29, 0.717) is 29.0 Å². The van der Waals surface area contributed by atoms with Crippen LogP contribution in [0.4, 0.5) is 5.69 Å². The zero-order valence-corrected chi connectivity index (χ0v) is 13.1. The topological polar surface area (TPSA) is 67.5 Å². The van der Waals surface area contributed by atoms with Crippen molar-refractivity contribution in [3.8, 4) is 0 Å². The Morgan fingerprint density at radius 2 is 1.95 bits per heavy atom. The molecular formula is C17H25N3O. The Hall–Kier alpha value is -1.84. The first kappa shape index (κ1) is 15.5. The number of carbonyl (C=O) groups is 1. The third-order valence-corrected chi connectivity index (χ3v) is 4.23. The number of hydrogen-bond donors (Lipinski definition) is 2. The van der Waals surface area contributed by atoms with Crippen LogP contribution in [-0.4, -0.2) is 11.6 Å². The molecule has 2 rings (SSSR count). The van der Waals surface area contributed by atoms with E-state index in [1.165, 1.54) is 6.42 Å². The number of benzene rings is 1. The first-order valence-electron chi connectivity index (χ1n) is 7.69. The van der Waals surface area contributed by atoms with Crippen LogP contribution in [0.1, 0.15) is 50.4 Å². The number of amides is 1. The molecule has 1 amide bonds. The van der Waals surface area contributed by atoms with Gasteiger partial charge in [-0.05, 0) is 55.4 Å². The quantitative estimate of drug-likeness (QED) is 0.660. The number of anilines is 1. The second kappa shape index (κ2) is 6.74. The first-order valence-corrected chi connectivity index (χ1v) is 7.69. The summed E-state index contributed by atoms with van der Waals surface area (Å²) >= 11 is 0. The van der Waals surface area contributed by atoms with Gasteiger partial charge in [0, 0.05) is 22.9 Å². The lowest BCUT2D eigenvalue weighted by Gasteiger charge is -2.30. The largest absolute Gasteiger partial charge is 0.399 e. The molecule has 1 aromatic rings. The Morgan fingerprint density at radius 1 is 1.29 bits per heavy atom. The first-order chi connectivity index (χ1) is 9.97. The molecule has 21 heavy (non-hydrogen) atoms. The van der Waals surface area contributed by atoms with Crippen molar-refractivity contribution in [2.75, 3.05) is 5.73 Å². The van der Waals surface area contributed by atoms with Gasteiger partial charge in [-0.25, -0.2) is 5.43 Å². The van der Waals surface area contributed by atoms with Crippen LogP contribution in [0.2, 0.25) is 0 Å². The van der Waals surface area contributed by atoms with Crippen LogP contribution in [0.25, 0.3) is 0 Å². The van der Waals surface area contributed by atoms with Crippen molar-refractivity contribution in [1.82, 2.24) is 5.43 Å². The van der Waals surface area contributed by atoms with E-state index in [1.54, 1.807) is 24.3 Å². The van der Waals surface area contributed by atoms with Crippen LogP contribution in [-0.2, 0) is 0 Å². The molecule has 0 radical (unpaired) electrons. The molecule has 4 heteroatoms. The van der Waals surface area contributed by atoms with Gasteiger partial charge in [0.25, 0.3) is 5.91 Å². The van der Waals surface area contributed by atoms with Gasteiger partial charge in [-0.15, -0.1) is 0 Å². The lowest BCUT2D eigenvalue weighted by molar-refractivity contribution is 0.0954. The predicted molar refractivity (Wildman–Crippen MR) is 87.1 cm³/mol. The smallest absolute Gasteiger partial charge is 0.271 e. The van der Waals surface area contributed by atoms with E-state index < -0.39 is 0 Å². The van der Waals surface area contributed by atoms with Crippen molar-refractivity contribution in [1.29, 1.82) is 0 Å². The summed E-state index contributed by atoms with van der Waals surface area (Å²) in [6, 6.07) is 6.88. The minimum absolute atomic E-state index is 0.178. The Bertz CT molecular complexity index is 519. The molecule has 3 N–H and O–H groups in total. The van der Waals surface area contributed by atoms with E-state index >= 15 is 0 Å². The number of nitrogen functional groups attached to an aromatic ring is 1. The maximum atomic E-state index is 12.1. The van der Waals surface area contributed by atoms with Gasteiger partial charge in [0.1, 0.15) is 0 Å². The van der Waals surface area contributed by atoms with Gasteiger partial charge in [-0.3, -0.25) is 4.79 Å². The number of nitrogens with one attached hydrogen (secondary N) is 1. The Labute approximate surface area is 126 Å². The van der Waals surface area contributed by atoms with E-state index in [2.05, 4.69) is 31.3 Å². The van der Waals surface area contributed by atoms with Gasteiger partial charge in [-0.1, -0.05) is 20.8 Å². The maximum absolute atomic E-state index is 12.1. The van der Waals surface area contributed by atoms with Crippen molar-refractivity contribution in [3.63, 3.8) is 0 Å². The van der Waals surface area contributed by atoms with Crippen molar-refractivity contribution in [2.45, 2.75) is 40.0 Å². The van der Waals surface area contributed by atoms with Crippen molar-refractivity contribution in [2.24, 2.45) is 22.9 Å². The second-order valence-electron chi connectivity index (χ2n) is 6.40. The van der Waals surface area contributed by atoms with E-state index in [1.807, 2.05) is 0 Å². The number of hydrogen-bond acceptors (Lipinski definition) is 3. The highest BCUT2D eigenvalue weighted by Crippen LogP contribution is 2.31. The van der Waals surface area contributed by atoms with Crippen molar-refractivity contribution in [3.05, 3.63) is 29.8 Å². The number of nitrogens with two attached hydrogens (primary N) is 1. The highest BCUT2D eigenvalue weighted by molar-refractivity contribution is 5.96. The monoisotopic (exact) mass is 287 g/mol. The van der Waals surface area contributed by atoms with Crippen molar-refractivity contribution < 1.29 is 4.79 Å². The molecule has 4 nitrogen and oxygen atoms in total. The summed E-state index contributed by atoms with van der Waals surface area (Å²) in [4.78, 5) is 12.1. The van der Waals surface area contributed by atoms with E-state index in [4.69, 9.17) is 5.73 Å². The van der Waals surface area contributed by atoms with Crippen LogP contribution >= 0.6 is 0 Å². The summed E-state index contributed by atoms with van der Waals surface area (Å²) in [6.45, 7) is 6.68.